The number of nitrogens with one attached hydrogen (secondary N) is 1. The number of nitrogens with zero attached hydrogens (tertiary/aromatic N) is 1. The van der Waals surface area contributed by atoms with Crippen LogP contribution in [0.15, 0.2) is 10.8 Å². The second kappa shape index (κ2) is 4.13. The highest BCUT2D eigenvalue weighted by atomic mass is 16.3. The van der Waals surface area contributed by atoms with Crippen LogP contribution >= 0.6 is 0 Å². The van der Waals surface area contributed by atoms with Gasteiger partial charge in [-0.05, 0) is 0 Å². The molecule has 0 saturated heterocycles. The number of hydrogen-bond donors (Lipinski definition) is 1. The van der Waals surface area contributed by atoms with E-state index in [9.17, 15) is 0 Å². The lowest BCUT2D eigenvalue weighted by Crippen LogP contribution is -2.22. The Kier molecular flexibility index (Phi) is 3.11. The second-order valence-corrected chi connectivity index (χ2v) is 2.15. The molecule has 1 N–H and O–H groups in total. The zero-order chi connectivity index (χ0) is 8.10. The maximum absolute atomic E-state index is 5.08. The summed E-state index contributed by atoms with van der Waals surface area (Å²) in [6, 6.07) is 0. The van der Waals surface area contributed by atoms with Gasteiger partial charge in [-0.15, -0.1) is 0 Å². The maximum Gasteiger partial charge on any atom is 0.181 e. The first-order chi connectivity index (χ1) is 5.47. The van der Waals surface area contributed by atoms with Gasteiger partial charge in [-0.1, -0.05) is 13.8 Å². The third kappa shape index (κ3) is 1.80. The summed E-state index contributed by atoms with van der Waals surface area (Å²) >= 11 is 0. The van der Waals surface area contributed by atoms with Crippen LogP contribution < -0.4 is 5.32 Å². The van der Waals surface area contributed by atoms with Crippen LogP contribution in [0.4, 0.5) is 0 Å². The molecule has 62 valence electrons. The molecule has 0 aromatic carbocycles. The van der Waals surface area contributed by atoms with Crippen LogP contribution in [0, 0.1) is 0 Å². The fourth-order valence-corrected chi connectivity index (χ4v) is 1.05. The molecule has 3 nitrogen and oxygen atoms in total. The number of oxazole rings is 1. The van der Waals surface area contributed by atoms with Gasteiger partial charge in [0.25, 0.3) is 0 Å². The van der Waals surface area contributed by atoms with Gasteiger partial charge in [-0.2, -0.15) is 0 Å². The minimum Gasteiger partial charge on any atom is -0.447 e. The standard InChI is InChI=1S/C6H8N2O.C2H6/c1-2-7-3-6-5(1)8-4-9-6;1-2/h4,7H,1-3H2;1-2H3. The Bertz CT molecular complexity index is 187. The van der Waals surface area contributed by atoms with Crippen molar-refractivity contribution >= 4 is 0 Å². The molecule has 2 rings (SSSR count). The molecule has 1 aromatic rings. The van der Waals surface area contributed by atoms with Crippen LogP contribution in [0.5, 0.6) is 0 Å². The van der Waals surface area contributed by atoms with Gasteiger partial charge in [0, 0.05) is 13.0 Å². The summed E-state index contributed by atoms with van der Waals surface area (Å²) in [7, 11) is 0. The molecular formula is C8H14N2O. The topological polar surface area (TPSA) is 38.1 Å². The van der Waals surface area contributed by atoms with E-state index in [0.717, 1.165) is 31.0 Å². The fraction of sp³-hybridized carbons (Fsp3) is 0.625. The summed E-state index contributed by atoms with van der Waals surface area (Å²) in [5.74, 6) is 1.00. The Morgan fingerprint density at radius 2 is 2.36 bits per heavy atom. The lowest BCUT2D eigenvalue weighted by molar-refractivity contribution is 0.462. The highest BCUT2D eigenvalue weighted by Gasteiger charge is 2.11. The molecule has 1 aliphatic heterocycles. The molecule has 0 radical (unpaired) electrons. The zero-order valence-corrected chi connectivity index (χ0v) is 7.05. The van der Waals surface area contributed by atoms with Crippen molar-refractivity contribution in [3.63, 3.8) is 0 Å². The summed E-state index contributed by atoms with van der Waals surface area (Å²) < 4.78 is 5.08. The molecule has 0 amide bonds. The molecule has 2 heterocycles. The molecule has 1 aliphatic rings. The van der Waals surface area contributed by atoms with E-state index >= 15 is 0 Å². The second-order valence-electron chi connectivity index (χ2n) is 2.15. The van der Waals surface area contributed by atoms with E-state index in [1.54, 1.807) is 0 Å². The molecular weight excluding hydrogens is 140 g/mol. The molecule has 11 heavy (non-hydrogen) atoms. The molecule has 0 unspecified atom stereocenters. The van der Waals surface area contributed by atoms with Crippen molar-refractivity contribution in [3.05, 3.63) is 17.8 Å². The van der Waals surface area contributed by atoms with Crippen LogP contribution in [0.2, 0.25) is 0 Å². The molecule has 1 aromatic heterocycles. The van der Waals surface area contributed by atoms with E-state index < -0.39 is 0 Å². The van der Waals surface area contributed by atoms with Gasteiger partial charge in [0.2, 0.25) is 0 Å². The van der Waals surface area contributed by atoms with Gasteiger partial charge >= 0.3 is 0 Å². The Morgan fingerprint density at radius 3 is 3.09 bits per heavy atom. The predicted molar refractivity (Wildman–Crippen MR) is 43.3 cm³/mol. The van der Waals surface area contributed by atoms with Crippen LogP contribution in [0.3, 0.4) is 0 Å². The Labute approximate surface area is 66.8 Å². The van der Waals surface area contributed by atoms with Gasteiger partial charge in [-0.25, -0.2) is 4.98 Å². The summed E-state index contributed by atoms with van der Waals surface area (Å²) in [5, 5.41) is 3.19. The van der Waals surface area contributed by atoms with Crippen molar-refractivity contribution in [2.75, 3.05) is 6.54 Å². The molecule has 0 atom stereocenters. The Balaban J connectivity index is 0.000000281. The van der Waals surface area contributed by atoms with Crippen molar-refractivity contribution < 1.29 is 4.42 Å². The molecule has 3 heteroatoms. The minimum atomic E-state index is 0.843. The van der Waals surface area contributed by atoms with Crippen LogP contribution in [-0.2, 0) is 13.0 Å². The average molecular weight is 154 g/mol. The lowest BCUT2D eigenvalue weighted by Gasteiger charge is -2.08. The van der Waals surface area contributed by atoms with E-state index in [2.05, 4.69) is 10.3 Å². The predicted octanol–water partition coefficient (Wildman–Crippen LogP) is 1.35. The first kappa shape index (κ1) is 8.27. The van der Waals surface area contributed by atoms with Gasteiger partial charge < -0.3 is 9.73 Å². The first-order valence-electron chi connectivity index (χ1n) is 4.09. The zero-order valence-electron chi connectivity index (χ0n) is 7.05. The van der Waals surface area contributed by atoms with Gasteiger partial charge in [-0.3, -0.25) is 0 Å². The summed E-state index contributed by atoms with van der Waals surface area (Å²) in [6.45, 7) is 5.87. The first-order valence-corrected chi connectivity index (χ1v) is 4.09. The minimum absolute atomic E-state index is 0.843. The highest BCUT2D eigenvalue weighted by Crippen LogP contribution is 2.09. The molecule has 0 aliphatic carbocycles. The third-order valence-electron chi connectivity index (χ3n) is 1.55. The van der Waals surface area contributed by atoms with Crippen LogP contribution in [-0.4, -0.2) is 11.5 Å². The Hall–Kier alpha value is -0.830. The number of hydrogen-bond acceptors (Lipinski definition) is 3. The van der Waals surface area contributed by atoms with Gasteiger partial charge in [0.1, 0.15) is 5.76 Å². The van der Waals surface area contributed by atoms with Crippen molar-refractivity contribution in [2.24, 2.45) is 0 Å². The van der Waals surface area contributed by atoms with E-state index in [1.165, 1.54) is 6.39 Å². The maximum atomic E-state index is 5.08. The van der Waals surface area contributed by atoms with Crippen molar-refractivity contribution in [1.82, 2.24) is 10.3 Å². The molecule has 0 fully saturated rings. The number of fused-ring (bicyclic) bond motifs is 1. The van der Waals surface area contributed by atoms with Gasteiger partial charge in [0.15, 0.2) is 6.39 Å². The Morgan fingerprint density at radius 1 is 1.55 bits per heavy atom. The van der Waals surface area contributed by atoms with E-state index in [1.807, 2.05) is 13.8 Å². The quantitative estimate of drug-likeness (QED) is 0.613. The van der Waals surface area contributed by atoms with E-state index in [-0.39, 0.29) is 0 Å². The van der Waals surface area contributed by atoms with Crippen molar-refractivity contribution in [1.29, 1.82) is 0 Å². The van der Waals surface area contributed by atoms with Crippen molar-refractivity contribution in [2.45, 2.75) is 26.8 Å². The molecule has 0 saturated carbocycles. The monoisotopic (exact) mass is 154 g/mol. The van der Waals surface area contributed by atoms with Crippen molar-refractivity contribution in [3.8, 4) is 0 Å². The largest absolute Gasteiger partial charge is 0.447 e. The van der Waals surface area contributed by atoms with E-state index in [0.29, 0.717) is 0 Å². The number of rotatable bonds is 0. The molecule has 0 bridgehead atoms. The van der Waals surface area contributed by atoms with Crippen LogP contribution in [0.25, 0.3) is 0 Å². The smallest absolute Gasteiger partial charge is 0.181 e. The highest BCUT2D eigenvalue weighted by molar-refractivity contribution is 5.09. The summed E-state index contributed by atoms with van der Waals surface area (Å²) in [5.41, 5.74) is 1.12. The third-order valence-corrected chi connectivity index (χ3v) is 1.55. The normalized spacial score (nSPS) is 14.7. The van der Waals surface area contributed by atoms with Crippen LogP contribution in [0.1, 0.15) is 25.3 Å². The number of aromatic nitrogens is 1. The van der Waals surface area contributed by atoms with E-state index in [4.69, 9.17) is 4.42 Å². The molecule has 0 spiro atoms. The average Bonchev–Trinajstić information content (AvgIpc) is 2.55. The summed E-state index contributed by atoms with van der Waals surface area (Å²) in [6.07, 6.45) is 2.52. The fourth-order valence-electron chi connectivity index (χ4n) is 1.05. The SMILES string of the molecule is CC.c1nc2c(o1)CNCC2. The van der Waals surface area contributed by atoms with Gasteiger partial charge in [0.05, 0.1) is 12.2 Å². The lowest BCUT2D eigenvalue weighted by atomic mass is 10.2. The summed E-state index contributed by atoms with van der Waals surface area (Å²) in [4.78, 5) is 4.05.